The van der Waals surface area contributed by atoms with Crippen LogP contribution in [0.1, 0.15) is 70.4 Å². The van der Waals surface area contributed by atoms with Gasteiger partial charge in [-0.05, 0) is 60.1 Å². The molecule has 28 heavy (non-hydrogen) atoms. The van der Waals surface area contributed by atoms with Crippen LogP contribution in [0.25, 0.3) is 0 Å². The Bertz CT molecular complexity index is 834. The molecule has 148 valence electrons. The molecule has 1 fully saturated rings. The summed E-state index contributed by atoms with van der Waals surface area (Å²) in [5, 5.41) is 2.97. The van der Waals surface area contributed by atoms with Gasteiger partial charge in [0.05, 0.1) is 11.4 Å². The highest BCUT2D eigenvalue weighted by atomic mass is 16.2. The molecule has 4 heteroatoms. The molecule has 0 radical (unpaired) electrons. The number of amides is 2. The summed E-state index contributed by atoms with van der Waals surface area (Å²) in [6, 6.07) is 15.7. The molecule has 0 saturated heterocycles. The van der Waals surface area contributed by atoms with Crippen LogP contribution in [0.3, 0.4) is 0 Å². The summed E-state index contributed by atoms with van der Waals surface area (Å²) in [6.45, 7) is 10.5. The van der Waals surface area contributed by atoms with Gasteiger partial charge in [-0.2, -0.15) is 0 Å². The number of anilines is 2. The molecule has 3 rings (SSSR count). The molecule has 0 N–H and O–H groups in total. The molecule has 1 aliphatic carbocycles. The topological polar surface area (TPSA) is 40.6 Å². The van der Waals surface area contributed by atoms with Crippen molar-refractivity contribution in [1.29, 1.82) is 0 Å². The van der Waals surface area contributed by atoms with Gasteiger partial charge in [-0.1, -0.05) is 58.9 Å². The second kappa shape index (κ2) is 7.78. The minimum Gasteiger partial charge on any atom is -0.276 e. The Balaban J connectivity index is 2.01. The van der Waals surface area contributed by atoms with Crippen LogP contribution in [0.2, 0.25) is 0 Å². The quantitative estimate of drug-likeness (QED) is 0.462. The Hall–Kier alpha value is -2.62. The van der Waals surface area contributed by atoms with Crippen LogP contribution in [-0.4, -0.2) is 12.3 Å². The normalized spacial score (nSPS) is 14.8. The Morgan fingerprint density at radius 3 is 1.64 bits per heavy atom. The molecule has 0 aliphatic heterocycles. The maximum absolute atomic E-state index is 13.3. The molecule has 0 unspecified atom stereocenters. The molecule has 0 heterocycles. The van der Waals surface area contributed by atoms with E-state index >= 15 is 0 Å². The maximum atomic E-state index is 13.3. The summed E-state index contributed by atoms with van der Waals surface area (Å²) in [6.07, 6.45) is 2.43. The number of benzene rings is 2. The number of carbonyl (C=O) groups excluding carboxylic acids is 2. The van der Waals surface area contributed by atoms with Gasteiger partial charge in [0, 0.05) is 5.41 Å². The number of hydrogen-bond acceptors (Lipinski definition) is 2. The highest BCUT2D eigenvalue weighted by Crippen LogP contribution is 2.47. The van der Waals surface area contributed by atoms with E-state index in [9.17, 15) is 9.59 Å². The lowest BCUT2D eigenvalue weighted by Gasteiger charge is -2.34. The van der Waals surface area contributed by atoms with Crippen LogP contribution in [0.4, 0.5) is 11.4 Å². The fourth-order valence-electron chi connectivity index (χ4n) is 3.23. The zero-order valence-electron chi connectivity index (χ0n) is 17.5. The van der Waals surface area contributed by atoms with E-state index in [2.05, 4.69) is 27.7 Å². The Kier molecular flexibility index (Phi) is 5.59. The Labute approximate surface area is 168 Å². The average Bonchev–Trinajstić information content (AvgIpc) is 3.44. The Morgan fingerprint density at radius 2 is 1.29 bits per heavy atom. The van der Waals surface area contributed by atoms with E-state index in [-0.39, 0.29) is 5.91 Å². The molecule has 1 aliphatic rings. The fourth-order valence-corrected chi connectivity index (χ4v) is 3.23. The van der Waals surface area contributed by atoms with Crippen molar-refractivity contribution in [3.63, 3.8) is 0 Å². The van der Waals surface area contributed by atoms with Crippen molar-refractivity contribution in [1.82, 2.24) is 0 Å². The molecule has 0 bridgehead atoms. The maximum Gasteiger partial charge on any atom is 0.252 e. The van der Waals surface area contributed by atoms with Gasteiger partial charge in [-0.15, -0.1) is 0 Å². The second-order valence-electron chi connectivity index (χ2n) is 8.62. The SMILES string of the molecule is CC(C)c1ccc(N(C=O)N(C(=O)C2(C)CC2)c2ccc(C(C)C)cc2)cc1. The third-order valence-electron chi connectivity index (χ3n) is 5.65. The lowest BCUT2D eigenvalue weighted by molar-refractivity contribution is -0.124. The van der Waals surface area contributed by atoms with E-state index in [1.807, 2.05) is 55.5 Å². The van der Waals surface area contributed by atoms with Gasteiger partial charge in [-0.25, -0.2) is 10.0 Å². The summed E-state index contributed by atoms with van der Waals surface area (Å²) < 4.78 is 0. The zero-order chi connectivity index (χ0) is 20.5. The van der Waals surface area contributed by atoms with E-state index in [0.717, 1.165) is 19.3 Å². The van der Waals surface area contributed by atoms with E-state index in [1.54, 1.807) is 0 Å². The summed E-state index contributed by atoms with van der Waals surface area (Å²) >= 11 is 0. The van der Waals surface area contributed by atoms with Crippen molar-refractivity contribution in [2.75, 3.05) is 10.0 Å². The minimum atomic E-state index is -0.393. The molecule has 0 atom stereocenters. The van der Waals surface area contributed by atoms with Crippen molar-refractivity contribution in [3.05, 3.63) is 59.7 Å². The van der Waals surface area contributed by atoms with Crippen LogP contribution in [0.15, 0.2) is 48.5 Å². The highest BCUT2D eigenvalue weighted by Gasteiger charge is 2.49. The number of rotatable bonds is 7. The smallest absolute Gasteiger partial charge is 0.252 e. The minimum absolute atomic E-state index is 0.0372. The van der Waals surface area contributed by atoms with E-state index < -0.39 is 5.41 Å². The lowest BCUT2D eigenvalue weighted by Crippen LogP contribution is -2.49. The first-order chi connectivity index (χ1) is 13.3. The monoisotopic (exact) mass is 378 g/mol. The predicted molar refractivity (Wildman–Crippen MR) is 114 cm³/mol. The zero-order valence-corrected chi connectivity index (χ0v) is 17.5. The van der Waals surface area contributed by atoms with Gasteiger partial charge in [0.2, 0.25) is 6.41 Å². The Morgan fingerprint density at radius 1 is 0.857 bits per heavy atom. The number of nitrogens with zero attached hydrogens (tertiary/aromatic N) is 2. The van der Waals surface area contributed by atoms with Crippen LogP contribution >= 0.6 is 0 Å². The molecule has 0 aromatic heterocycles. The van der Waals surface area contributed by atoms with Crippen molar-refractivity contribution >= 4 is 23.7 Å². The van der Waals surface area contributed by atoms with Crippen molar-refractivity contribution in [2.45, 2.75) is 59.3 Å². The molecule has 0 spiro atoms. The summed E-state index contributed by atoms with van der Waals surface area (Å²) in [4.78, 5) is 25.4. The van der Waals surface area contributed by atoms with E-state index in [1.165, 1.54) is 21.1 Å². The van der Waals surface area contributed by atoms with Crippen molar-refractivity contribution in [3.8, 4) is 0 Å². The van der Waals surface area contributed by atoms with Crippen molar-refractivity contribution < 1.29 is 9.59 Å². The van der Waals surface area contributed by atoms with Gasteiger partial charge < -0.3 is 0 Å². The first kappa shape index (κ1) is 20.1. The number of hydrogen-bond donors (Lipinski definition) is 0. The lowest BCUT2D eigenvalue weighted by atomic mass is 10.0. The second-order valence-corrected chi connectivity index (χ2v) is 8.62. The molecule has 1 saturated carbocycles. The fraction of sp³-hybridized carbons (Fsp3) is 0.417. The molecule has 2 aromatic carbocycles. The molecule has 4 nitrogen and oxygen atoms in total. The van der Waals surface area contributed by atoms with Gasteiger partial charge in [-0.3, -0.25) is 9.59 Å². The van der Waals surface area contributed by atoms with Gasteiger partial charge in [0.25, 0.3) is 5.91 Å². The van der Waals surface area contributed by atoms with Gasteiger partial charge in [0.15, 0.2) is 0 Å². The van der Waals surface area contributed by atoms with Crippen molar-refractivity contribution in [2.24, 2.45) is 5.41 Å². The first-order valence-corrected chi connectivity index (χ1v) is 10.1. The third kappa shape index (κ3) is 3.96. The largest absolute Gasteiger partial charge is 0.276 e. The summed E-state index contributed by atoms with van der Waals surface area (Å²) in [7, 11) is 0. The predicted octanol–water partition coefficient (Wildman–Crippen LogP) is 5.64. The average molecular weight is 379 g/mol. The van der Waals surface area contributed by atoms with Crippen LogP contribution in [0, 0.1) is 5.41 Å². The highest BCUT2D eigenvalue weighted by molar-refractivity contribution is 6.04. The van der Waals surface area contributed by atoms with Gasteiger partial charge in [0.1, 0.15) is 0 Å². The molecule has 2 amide bonds. The van der Waals surface area contributed by atoms with Crippen LogP contribution in [-0.2, 0) is 9.59 Å². The third-order valence-corrected chi connectivity index (χ3v) is 5.65. The molecular weight excluding hydrogens is 348 g/mol. The molecule has 2 aromatic rings. The first-order valence-electron chi connectivity index (χ1n) is 10.1. The number of carbonyl (C=O) groups is 2. The van der Waals surface area contributed by atoms with E-state index in [0.29, 0.717) is 23.2 Å². The van der Waals surface area contributed by atoms with E-state index in [4.69, 9.17) is 0 Å². The standard InChI is InChI=1S/C24H30N2O2/c1-17(2)19-6-10-21(11-7-19)25(16-27)26(23(28)24(5)14-15-24)22-12-8-20(9-13-22)18(3)4/h6-13,16-18H,14-15H2,1-5H3. The van der Waals surface area contributed by atoms with Gasteiger partial charge >= 0.3 is 0 Å². The summed E-state index contributed by atoms with van der Waals surface area (Å²) in [5.74, 6) is 0.778. The number of hydrazine groups is 1. The van der Waals surface area contributed by atoms with Crippen LogP contribution < -0.4 is 10.0 Å². The molecular formula is C24H30N2O2. The summed E-state index contributed by atoms with van der Waals surface area (Å²) in [5.41, 5.74) is 3.40. The van der Waals surface area contributed by atoms with Crippen LogP contribution in [0.5, 0.6) is 0 Å².